The van der Waals surface area contributed by atoms with Crippen LogP contribution in [-0.4, -0.2) is 24.4 Å². The predicted molar refractivity (Wildman–Crippen MR) is 91.9 cm³/mol. The first-order chi connectivity index (χ1) is 11.5. The monoisotopic (exact) mass is 346 g/mol. The van der Waals surface area contributed by atoms with E-state index < -0.39 is 5.97 Å². The number of anilines is 1. The van der Waals surface area contributed by atoms with Crippen molar-refractivity contribution in [2.45, 2.75) is 19.9 Å². The lowest BCUT2D eigenvalue weighted by molar-refractivity contribution is -0.124. The Hall–Kier alpha value is -2.67. The molecule has 1 atom stereocenters. The Morgan fingerprint density at radius 1 is 1.21 bits per heavy atom. The van der Waals surface area contributed by atoms with Crippen molar-refractivity contribution in [3.63, 3.8) is 0 Å². The van der Waals surface area contributed by atoms with Crippen LogP contribution in [0.25, 0.3) is 0 Å². The van der Waals surface area contributed by atoms with Crippen LogP contribution in [-0.2, 0) is 14.3 Å². The second kappa shape index (κ2) is 8.26. The fourth-order valence-corrected chi connectivity index (χ4v) is 2.77. The van der Waals surface area contributed by atoms with E-state index in [0.717, 1.165) is 4.88 Å². The number of ether oxygens (including phenoxy) is 1. The van der Waals surface area contributed by atoms with Crippen LogP contribution in [0.4, 0.5) is 5.69 Å². The van der Waals surface area contributed by atoms with Crippen LogP contribution in [0.2, 0.25) is 0 Å². The highest BCUT2D eigenvalue weighted by molar-refractivity contribution is 7.10. The molecule has 2 N–H and O–H groups in total. The summed E-state index contributed by atoms with van der Waals surface area (Å²) in [5.41, 5.74) is 0.757. The second-order valence-electron chi connectivity index (χ2n) is 5.14. The minimum absolute atomic E-state index is 0.140. The first kappa shape index (κ1) is 17.7. The van der Waals surface area contributed by atoms with E-state index in [1.54, 1.807) is 29.5 Å². The largest absolute Gasteiger partial charge is 0.452 e. The first-order valence-corrected chi connectivity index (χ1v) is 8.21. The van der Waals surface area contributed by atoms with Crippen LogP contribution in [0.15, 0.2) is 41.8 Å². The number of hydrogen-bond acceptors (Lipinski definition) is 5. The van der Waals surface area contributed by atoms with E-state index in [2.05, 4.69) is 10.6 Å². The number of thiophene rings is 1. The van der Waals surface area contributed by atoms with Crippen LogP contribution in [0.3, 0.4) is 0 Å². The number of nitrogens with one attached hydrogen (secondary N) is 2. The van der Waals surface area contributed by atoms with E-state index in [-0.39, 0.29) is 30.0 Å². The molecule has 2 amide bonds. The van der Waals surface area contributed by atoms with E-state index in [1.807, 2.05) is 24.4 Å². The molecule has 0 radical (unpaired) electrons. The smallest absolute Gasteiger partial charge is 0.338 e. The van der Waals surface area contributed by atoms with Crippen LogP contribution >= 0.6 is 11.3 Å². The molecular formula is C17H18N2O4S. The van der Waals surface area contributed by atoms with Gasteiger partial charge in [-0.25, -0.2) is 4.79 Å². The third-order valence-corrected chi connectivity index (χ3v) is 4.16. The molecular weight excluding hydrogens is 328 g/mol. The molecule has 24 heavy (non-hydrogen) atoms. The van der Waals surface area contributed by atoms with Gasteiger partial charge in [-0.1, -0.05) is 12.1 Å². The Morgan fingerprint density at radius 3 is 2.67 bits per heavy atom. The molecule has 0 bridgehead atoms. The second-order valence-corrected chi connectivity index (χ2v) is 6.12. The summed E-state index contributed by atoms with van der Waals surface area (Å²) in [7, 11) is 0. The minimum atomic E-state index is -0.624. The van der Waals surface area contributed by atoms with Gasteiger partial charge in [-0.2, -0.15) is 0 Å². The summed E-state index contributed by atoms with van der Waals surface area (Å²) in [4.78, 5) is 35.9. The topological polar surface area (TPSA) is 84.5 Å². The number of carbonyl (C=O) groups excluding carboxylic acids is 3. The van der Waals surface area contributed by atoms with E-state index >= 15 is 0 Å². The molecule has 0 spiro atoms. The number of benzene rings is 1. The molecule has 126 valence electrons. The predicted octanol–water partition coefficient (Wildman–Crippen LogP) is 2.74. The molecule has 0 saturated heterocycles. The number of carbonyl (C=O) groups is 3. The fourth-order valence-electron chi connectivity index (χ4n) is 2.03. The number of hydrogen-bond donors (Lipinski definition) is 2. The van der Waals surface area contributed by atoms with Gasteiger partial charge in [0.05, 0.1) is 11.6 Å². The SMILES string of the molecule is CC(=O)Nc1cccc(C(=O)OCC(=O)NC(C)c2cccs2)c1. The average molecular weight is 346 g/mol. The minimum Gasteiger partial charge on any atom is -0.452 e. The molecule has 0 aliphatic heterocycles. The lowest BCUT2D eigenvalue weighted by atomic mass is 10.2. The number of rotatable bonds is 6. The van der Waals surface area contributed by atoms with Gasteiger partial charge in [0.25, 0.3) is 5.91 Å². The standard InChI is InChI=1S/C17H18N2O4S/c1-11(15-7-4-8-24-15)18-16(21)10-23-17(22)13-5-3-6-14(9-13)19-12(2)20/h3-9,11H,10H2,1-2H3,(H,18,21)(H,19,20). The van der Waals surface area contributed by atoms with Crippen LogP contribution in [0.1, 0.15) is 35.1 Å². The third-order valence-electron chi connectivity index (χ3n) is 3.10. The van der Waals surface area contributed by atoms with Crippen LogP contribution < -0.4 is 10.6 Å². The van der Waals surface area contributed by atoms with Gasteiger partial charge in [0.1, 0.15) is 0 Å². The molecule has 2 aromatic rings. The maximum Gasteiger partial charge on any atom is 0.338 e. The van der Waals surface area contributed by atoms with Crippen molar-refractivity contribution < 1.29 is 19.1 Å². The summed E-state index contributed by atoms with van der Waals surface area (Å²) >= 11 is 1.54. The van der Waals surface area contributed by atoms with Crippen molar-refractivity contribution >= 4 is 34.8 Å². The highest BCUT2D eigenvalue weighted by Gasteiger charge is 2.14. The highest BCUT2D eigenvalue weighted by atomic mass is 32.1. The maximum atomic E-state index is 12.0. The van der Waals surface area contributed by atoms with Gasteiger partial charge in [0, 0.05) is 17.5 Å². The van der Waals surface area contributed by atoms with Crippen LogP contribution in [0, 0.1) is 0 Å². The lowest BCUT2D eigenvalue weighted by Gasteiger charge is -2.12. The summed E-state index contributed by atoms with van der Waals surface area (Å²) in [5, 5.41) is 7.28. The molecule has 6 nitrogen and oxygen atoms in total. The summed E-state index contributed by atoms with van der Waals surface area (Å²) in [6.07, 6.45) is 0. The van der Waals surface area contributed by atoms with Crippen molar-refractivity contribution in [1.29, 1.82) is 0 Å². The highest BCUT2D eigenvalue weighted by Crippen LogP contribution is 2.18. The number of esters is 1. The Bertz CT molecular complexity index is 728. The van der Waals surface area contributed by atoms with Crippen molar-refractivity contribution in [2.24, 2.45) is 0 Å². The van der Waals surface area contributed by atoms with E-state index in [0.29, 0.717) is 5.69 Å². The summed E-state index contributed by atoms with van der Waals surface area (Å²) in [6, 6.07) is 10.0. The Morgan fingerprint density at radius 2 is 2.00 bits per heavy atom. The van der Waals surface area contributed by atoms with Crippen molar-refractivity contribution in [2.75, 3.05) is 11.9 Å². The normalized spacial score (nSPS) is 11.4. The zero-order chi connectivity index (χ0) is 17.5. The van der Waals surface area contributed by atoms with Gasteiger partial charge in [0.2, 0.25) is 5.91 Å². The quantitative estimate of drug-likeness (QED) is 0.788. The zero-order valence-corrected chi connectivity index (χ0v) is 14.2. The average Bonchev–Trinajstić information content (AvgIpc) is 3.06. The van der Waals surface area contributed by atoms with Crippen LogP contribution in [0.5, 0.6) is 0 Å². The lowest BCUT2D eigenvalue weighted by Crippen LogP contribution is -2.30. The van der Waals surface area contributed by atoms with Gasteiger partial charge in [0.15, 0.2) is 6.61 Å². The summed E-state index contributed by atoms with van der Waals surface area (Å²) in [6.45, 7) is 2.88. The molecule has 1 aromatic carbocycles. The van der Waals surface area contributed by atoms with Crippen molar-refractivity contribution in [3.8, 4) is 0 Å². The molecule has 0 saturated carbocycles. The van der Waals surface area contributed by atoms with Crippen molar-refractivity contribution in [3.05, 3.63) is 52.2 Å². The summed E-state index contributed by atoms with van der Waals surface area (Å²) in [5.74, 6) is -1.23. The van der Waals surface area contributed by atoms with Gasteiger partial charge in [-0.05, 0) is 36.6 Å². The number of amides is 2. The maximum absolute atomic E-state index is 12.0. The Labute approximate surface area is 143 Å². The molecule has 0 aliphatic carbocycles. The fraction of sp³-hybridized carbons (Fsp3) is 0.235. The molecule has 7 heteroatoms. The van der Waals surface area contributed by atoms with Gasteiger partial charge in [-0.3, -0.25) is 9.59 Å². The first-order valence-electron chi connectivity index (χ1n) is 7.33. The third kappa shape index (κ3) is 5.20. The van der Waals surface area contributed by atoms with E-state index in [9.17, 15) is 14.4 Å². The molecule has 1 unspecified atom stereocenters. The molecule has 0 fully saturated rings. The molecule has 0 aliphatic rings. The van der Waals surface area contributed by atoms with Gasteiger partial charge >= 0.3 is 5.97 Å². The Kier molecular flexibility index (Phi) is 6.08. The van der Waals surface area contributed by atoms with Crippen molar-refractivity contribution in [1.82, 2.24) is 5.32 Å². The molecule has 1 aromatic heterocycles. The van der Waals surface area contributed by atoms with E-state index in [1.165, 1.54) is 13.0 Å². The molecule has 1 heterocycles. The Balaban J connectivity index is 1.86. The van der Waals surface area contributed by atoms with E-state index in [4.69, 9.17) is 4.74 Å². The van der Waals surface area contributed by atoms with Gasteiger partial charge in [-0.15, -0.1) is 11.3 Å². The zero-order valence-electron chi connectivity index (χ0n) is 13.4. The molecule has 2 rings (SSSR count). The van der Waals surface area contributed by atoms with Gasteiger partial charge < -0.3 is 15.4 Å². The summed E-state index contributed by atoms with van der Waals surface area (Å²) < 4.78 is 5.01.